The van der Waals surface area contributed by atoms with Crippen molar-refractivity contribution in [2.75, 3.05) is 5.32 Å². The van der Waals surface area contributed by atoms with Crippen molar-refractivity contribution in [3.05, 3.63) is 57.5 Å². The van der Waals surface area contributed by atoms with Crippen molar-refractivity contribution in [3.63, 3.8) is 0 Å². The first-order valence-electron chi connectivity index (χ1n) is 9.21. The number of nitrogens with zero attached hydrogens (tertiary/aromatic N) is 1. The van der Waals surface area contributed by atoms with Gasteiger partial charge >= 0.3 is 0 Å². The molecule has 30 heavy (non-hydrogen) atoms. The predicted octanol–water partition coefficient (Wildman–Crippen LogP) is 4.56. The van der Waals surface area contributed by atoms with E-state index in [0.717, 1.165) is 20.3 Å². The molecule has 0 aliphatic rings. The summed E-state index contributed by atoms with van der Waals surface area (Å²) in [7, 11) is 0. The Morgan fingerprint density at radius 2 is 1.77 bits per heavy atom. The van der Waals surface area contributed by atoms with Crippen LogP contribution in [0.2, 0.25) is 0 Å². The molecule has 2 N–H and O–H groups in total. The standard InChI is InChI=1S/C21H20FN3O3S2/c1-12-20(18-9-7-16(30-18)11-23-13(2)26)25-21(29-12)24-19(28)10-8-17(27)14-3-5-15(22)6-4-14/h3-7,9H,8,10-11H2,1-2H3,(H,23,26)(H,24,25,28). The maximum Gasteiger partial charge on any atom is 0.226 e. The molecule has 0 bridgehead atoms. The Kier molecular flexibility index (Phi) is 7.07. The lowest BCUT2D eigenvalue weighted by Gasteiger charge is -2.02. The molecule has 6 nitrogen and oxygen atoms in total. The van der Waals surface area contributed by atoms with Crippen LogP contribution in [0.5, 0.6) is 0 Å². The molecule has 0 unspecified atom stereocenters. The summed E-state index contributed by atoms with van der Waals surface area (Å²) in [5.74, 6) is -1.01. The fourth-order valence-electron chi connectivity index (χ4n) is 2.68. The van der Waals surface area contributed by atoms with Crippen molar-refractivity contribution >= 4 is 45.4 Å². The van der Waals surface area contributed by atoms with Crippen molar-refractivity contribution in [2.45, 2.75) is 33.2 Å². The summed E-state index contributed by atoms with van der Waals surface area (Å²) in [4.78, 5) is 42.8. The van der Waals surface area contributed by atoms with Gasteiger partial charge in [0.25, 0.3) is 0 Å². The van der Waals surface area contributed by atoms with Crippen molar-refractivity contribution < 1.29 is 18.8 Å². The van der Waals surface area contributed by atoms with E-state index in [1.807, 2.05) is 19.1 Å². The Morgan fingerprint density at radius 3 is 2.47 bits per heavy atom. The summed E-state index contributed by atoms with van der Waals surface area (Å²) in [6.45, 7) is 3.87. The maximum atomic E-state index is 12.9. The third kappa shape index (κ3) is 5.80. The Bertz CT molecular complexity index is 1070. The molecule has 9 heteroatoms. The van der Waals surface area contributed by atoms with Crippen LogP contribution in [-0.2, 0) is 16.1 Å². The molecule has 2 amide bonds. The van der Waals surface area contributed by atoms with Crippen LogP contribution in [0.15, 0.2) is 36.4 Å². The molecule has 0 fully saturated rings. The molecule has 1 aromatic carbocycles. The van der Waals surface area contributed by atoms with Gasteiger partial charge in [0.15, 0.2) is 10.9 Å². The highest BCUT2D eigenvalue weighted by atomic mass is 32.1. The fourth-order valence-corrected chi connectivity index (χ4v) is 4.58. The van der Waals surface area contributed by atoms with Crippen molar-refractivity contribution in [3.8, 4) is 10.6 Å². The van der Waals surface area contributed by atoms with Crippen LogP contribution in [-0.4, -0.2) is 22.6 Å². The Hall–Kier alpha value is -2.91. The number of benzene rings is 1. The number of ketones is 1. The first-order chi connectivity index (χ1) is 14.3. The van der Waals surface area contributed by atoms with Crippen LogP contribution in [0.3, 0.4) is 0 Å². The average Bonchev–Trinajstić information content (AvgIpc) is 3.31. The zero-order chi connectivity index (χ0) is 21.7. The largest absolute Gasteiger partial charge is 0.351 e. The number of hydrogen-bond acceptors (Lipinski definition) is 6. The smallest absolute Gasteiger partial charge is 0.226 e. The van der Waals surface area contributed by atoms with Crippen LogP contribution in [0.25, 0.3) is 10.6 Å². The van der Waals surface area contributed by atoms with Gasteiger partial charge in [-0.15, -0.1) is 22.7 Å². The van der Waals surface area contributed by atoms with Gasteiger partial charge in [-0.2, -0.15) is 0 Å². The third-order valence-electron chi connectivity index (χ3n) is 4.19. The highest BCUT2D eigenvalue weighted by molar-refractivity contribution is 7.18. The third-order valence-corrected chi connectivity index (χ3v) is 6.17. The number of amides is 2. The molecule has 0 saturated carbocycles. The fraction of sp³-hybridized carbons (Fsp3) is 0.238. The molecule has 3 rings (SSSR count). The molecule has 2 heterocycles. The van der Waals surface area contributed by atoms with E-state index >= 15 is 0 Å². The molecular weight excluding hydrogens is 425 g/mol. The number of carbonyl (C=O) groups excluding carboxylic acids is 3. The number of thiazole rings is 1. The SMILES string of the molecule is CC(=O)NCc1ccc(-c2nc(NC(=O)CCC(=O)c3ccc(F)cc3)sc2C)s1. The number of Topliss-reactive ketones (excluding diaryl/α,β-unsaturated/α-hetero) is 1. The average molecular weight is 446 g/mol. The summed E-state index contributed by atoms with van der Waals surface area (Å²) < 4.78 is 12.9. The van der Waals surface area contributed by atoms with Crippen molar-refractivity contribution in [2.24, 2.45) is 0 Å². The number of aromatic nitrogens is 1. The van der Waals surface area contributed by atoms with Gasteiger partial charge < -0.3 is 10.6 Å². The number of halogens is 1. The number of hydrogen-bond donors (Lipinski definition) is 2. The summed E-state index contributed by atoms with van der Waals surface area (Å²) >= 11 is 2.90. The quantitative estimate of drug-likeness (QED) is 0.498. The second-order valence-electron chi connectivity index (χ2n) is 6.58. The Balaban J connectivity index is 1.57. The zero-order valence-electron chi connectivity index (χ0n) is 16.5. The molecule has 0 atom stereocenters. The molecule has 0 saturated heterocycles. The van der Waals surface area contributed by atoms with Gasteiger partial charge in [-0.25, -0.2) is 9.37 Å². The first-order valence-corrected chi connectivity index (χ1v) is 10.8. The second-order valence-corrected chi connectivity index (χ2v) is 8.95. The number of carbonyl (C=O) groups is 3. The molecule has 156 valence electrons. The molecule has 0 spiro atoms. The van der Waals surface area contributed by atoms with Gasteiger partial charge in [-0.3, -0.25) is 14.4 Å². The van der Waals surface area contributed by atoms with Crippen molar-refractivity contribution in [1.29, 1.82) is 0 Å². The monoisotopic (exact) mass is 445 g/mol. The minimum absolute atomic E-state index is 0.0179. The number of thiophene rings is 1. The number of nitrogens with one attached hydrogen (secondary N) is 2. The van der Waals surface area contributed by atoms with E-state index in [0.29, 0.717) is 17.2 Å². The van der Waals surface area contributed by atoms with Crippen LogP contribution in [0.4, 0.5) is 9.52 Å². The van der Waals surface area contributed by atoms with E-state index in [1.165, 1.54) is 53.9 Å². The number of anilines is 1. The molecule has 0 aliphatic carbocycles. The molecule has 0 radical (unpaired) electrons. The first kappa shape index (κ1) is 21.8. The van der Waals surface area contributed by atoms with E-state index in [-0.39, 0.29) is 30.4 Å². The van der Waals surface area contributed by atoms with E-state index in [4.69, 9.17) is 0 Å². The maximum absolute atomic E-state index is 12.9. The topological polar surface area (TPSA) is 88.2 Å². The van der Waals surface area contributed by atoms with Gasteiger partial charge in [-0.1, -0.05) is 0 Å². The normalized spacial score (nSPS) is 10.6. The van der Waals surface area contributed by atoms with E-state index < -0.39 is 5.82 Å². The van der Waals surface area contributed by atoms with E-state index in [2.05, 4.69) is 15.6 Å². The zero-order valence-corrected chi connectivity index (χ0v) is 18.1. The highest BCUT2D eigenvalue weighted by Crippen LogP contribution is 2.34. The lowest BCUT2D eigenvalue weighted by atomic mass is 10.1. The van der Waals surface area contributed by atoms with Crippen LogP contribution >= 0.6 is 22.7 Å². The Morgan fingerprint density at radius 1 is 1.03 bits per heavy atom. The van der Waals surface area contributed by atoms with E-state index in [9.17, 15) is 18.8 Å². The van der Waals surface area contributed by atoms with Crippen LogP contribution in [0, 0.1) is 12.7 Å². The van der Waals surface area contributed by atoms with Crippen LogP contribution < -0.4 is 10.6 Å². The van der Waals surface area contributed by atoms with E-state index in [1.54, 1.807) is 0 Å². The lowest BCUT2D eigenvalue weighted by Crippen LogP contribution is -2.17. The van der Waals surface area contributed by atoms with Gasteiger partial charge in [-0.05, 0) is 43.3 Å². The Labute approximate surface area is 181 Å². The van der Waals surface area contributed by atoms with Gasteiger partial charge in [0, 0.05) is 35.1 Å². The molecule has 2 aromatic heterocycles. The minimum atomic E-state index is -0.410. The molecule has 3 aromatic rings. The van der Waals surface area contributed by atoms with Gasteiger partial charge in [0.05, 0.1) is 17.1 Å². The summed E-state index contributed by atoms with van der Waals surface area (Å²) in [6.07, 6.45) is 0.0517. The van der Waals surface area contributed by atoms with Crippen molar-refractivity contribution in [1.82, 2.24) is 10.3 Å². The van der Waals surface area contributed by atoms with Crippen LogP contribution in [0.1, 0.15) is 39.9 Å². The summed E-state index contributed by atoms with van der Waals surface area (Å²) in [6, 6.07) is 9.14. The van der Waals surface area contributed by atoms with Gasteiger partial charge in [0.2, 0.25) is 11.8 Å². The minimum Gasteiger partial charge on any atom is -0.351 e. The molecule has 0 aliphatic heterocycles. The summed E-state index contributed by atoms with van der Waals surface area (Å²) in [5.41, 5.74) is 1.17. The predicted molar refractivity (Wildman–Crippen MR) is 116 cm³/mol. The number of rotatable bonds is 8. The second kappa shape index (κ2) is 9.73. The lowest BCUT2D eigenvalue weighted by molar-refractivity contribution is -0.119. The number of aryl methyl sites for hydroxylation is 1. The molecular formula is C21H20FN3O3S2. The van der Waals surface area contributed by atoms with Gasteiger partial charge in [0.1, 0.15) is 5.82 Å². The summed E-state index contributed by atoms with van der Waals surface area (Å²) in [5, 5.41) is 5.97. The highest BCUT2D eigenvalue weighted by Gasteiger charge is 2.15.